The first-order valence-electron chi connectivity index (χ1n) is 9.35. The average Bonchev–Trinajstić information content (AvgIpc) is 2.63. The molecule has 2 rings (SSSR count). The van der Waals surface area contributed by atoms with Gasteiger partial charge < -0.3 is 10.1 Å². The minimum Gasteiger partial charge on any atom is -0.449 e. The van der Waals surface area contributed by atoms with Crippen molar-refractivity contribution in [2.75, 3.05) is 6.54 Å². The quantitative estimate of drug-likeness (QED) is 0.688. The standard InChI is InChI=1S/C19H28N2O5S/c1-4-20-27(24,25)16-10-7-9-15(12-16)19(23)26-14(3)18(22)21-17-11-6-5-8-13(17)2/h7,9-10,12-14,17,20H,4-6,8,11H2,1-3H3,(H,21,22)/t13-,14+,17-/m0/s1. The summed E-state index contributed by atoms with van der Waals surface area (Å²) in [5, 5.41) is 2.96. The van der Waals surface area contributed by atoms with Gasteiger partial charge in [-0.3, -0.25) is 4.79 Å². The molecule has 0 saturated heterocycles. The van der Waals surface area contributed by atoms with Gasteiger partial charge in [-0.1, -0.05) is 32.8 Å². The third-order valence-corrected chi connectivity index (χ3v) is 6.35. The van der Waals surface area contributed by atoms with Crippen molar-refractivity contribution in [1.29, 1.82) is 0 Å². The monoisotopic (exact) mass is 396 g/mol. The van der Waals surface area contributed by atoms with Crippen molar-refractivity contribution in [3.05, 3.63) is 29.8 Å². The molecule has 1 amide bonds. The van der Waals surface area contributed by atoms with Crippen LogP contribution in [0.4, 0.5) is 0 Å². The van der Waals surface area contributed by atoms with Crippen LogP contribution in [0.15, 0.2) is 29.2 Å². The van der Waals surface area contributed by atoms with Crippen LogP contribution >= 0.6 is 0 Å². The molecule has 8 heteroatoms. The Bertz CT molecular complexity index is 778. The molecule has 7 nitrogen and oxygen atoms in total. The third kappa shape index (κ3) is 5.77. The predicted octanol–water partition coefficient (Wildman–Crippen LogP) is 2.22. The molecule has 0 aromatic heterocycles. The van der Waals surface area contributed by atoms with Crippen LogP contribution in [0.3, 0.4) is 0 Å². The molecule has 1 fully saturated rings. The molecule has 27 heavy (non-hydrogen) atoms. The molecule has 150 valence electrons. The van der Waals surface area contributed by atoms with Crippen molar-refractivity contribution in [2.45, 2.75) is 63.5 Å². The van der Waals surface area contributed by atoms with E-state index in [1.807, 2.05) is 0 Å². The lowest BCUT2D eigenvalue weighted by Gasteiger charge is -2.30. The molecule has 0 heterocycles. The summed E-state index contributed by atoms with van der Waals surface area (Å²) < 4.78 is 31.7. The van der Waals surface area contributed by atoms with Gasteiger partial charge in [0.25, 0.3) is 5.91 Å². The van der Waals surface area contributed by atoms with E-state index < -0.39 is 22.1 Å². The van der Waals surface area contributed by atoms with E-state index in [0.29, 0.717) is 5.92 Å². The Morgan fingerprint density at radius 1 is 1.26 bits per heavy atom. The minimum atomic E-state index is -3.67. The SMILES string of the molecule is CCNS(=O)(=O)c1cccc(C(=O)O[C@H](C)C(=O)N[C@H]2CCCC[C@@H]2C)c1. The van der Waals surface area contributed by atoms with Crippen LogP contribution in [-0.2, 0) is 19.6 Å². The van der Waals surface area contributed by atoms with E-state index in [2.05, 4.69) is 17.0 Å². The maximum absolute atomic E-state index is 12.3. The van der Waals surface area contributed by atoms with Crippen molar-refractivity contribution in [3.63, 3.8) is 0 Å². The summed E-state index contributed by atoms with van der Waals surface area (Å²) in [5.74, 6) is -0.667. The van der Waals surface area contributed by atoms with E-state index in [1.54, 1.807) is 6.92 Å². The molecular formula is C19H28N2O5S. The van der Waals surface area contributed by atoms with Crippen LogP contribution in [0.2, 0.25) is 0 Å². The number of rotatable bonds is 7. The van der Waals surface area contributed by atoms with Crippen LogP contribution in [0.1, 0.15) is 56.8 Å². The maximum Gasteiger partial charge on any atom is 0.338 e. The van der Waals surface area contributed by atoms with E-state index in [-0.39, 0.29) is 29.0 Å². The fourth-order valence-electron chi connectivity index (χ4n) is 3.18. The third-order valence-electron chi connectivity index (χ3n) is 4.81. The first-order valence-corrected chi connectivity index (χ1v) is 10.8. The molecule has 1 aromatic rings. The molecule has 3 atom stereocenters. The number of carbonyl (C=O) groups excluding carboxylic acids is 2. The minimum absolute atomic E-state index is 0.0214. The van der Waals surface area contributed by atoms with E-state index in [4.69, 9.17) is 4.74 Å². The van der Waals surface area contributed by atoms with Gasteiger partial charge in [0.1, 0.15) is 0 Å². The van der Waals surface area contributed by atoms with E-state index in [9.17, 15) is 18.0 Å². The van der Waals surface area contributed by atoms with Gasteiger partial charge in [-0.25, -0.2) is 17.9 Å². The normalized spacial score (nSPS) is 21.3. The molecule has 0 radical (unpaired) electrons. The number of sulfonamides is 1. The summed E-state index contributed by atoms with van der Waals surface area (Å²) in [4.78, 5) is 24.7. The summed E-state index contributed by atoms with van der Waals surface area (Å²) in [6.07, 6.45) is 3.30. The fourth-order valence-corrected chi connectivity index (χ4v) is 4.26. The molecular weight excluding hydrogens is 368 g/mol. The maximum atomic E-state index is 12.3. The number of hydrogen-bond acceptors (Lipinski definition) is 5. The predicted molar refractivity (Wildman–Crippen MR) is 102 cm³/mol. The number of carbonyl (C=O) groups is 2. The lowest BCUT2D eigenvalue weighted by atomic mass is 9.86. The number of hydrogen-bond donors (Lipinski definition) is 2. The molecule has 2 N–H and O–H groups in total. The van der Waals surface area contributed by atoms with Crippen LogP contribution in [0.5, 0.6) is 0 Å². The Kier molecular flexibility index (Phi) is 7.38. The zero-order valence-corrected chi connectivity index (χ0v) is 16.8. The topological polar surface area (TPSA) is 102 Å². The molecule has 1 aromatic carbocycles. The molecule has 0 aliphatic heterocycles. The molecule has 0 bridgehead atoms. The van der Waals surface area contributed by atoms with Crippen LogP contribution in [-0.4, -0.2) is 39.0 Å². The number of nitrogens with one attached hydrogen (secondary N) is 2. The smallest absolute Gasteiger partial charge is 0.338 e. The highest BCUT2D eigenvalue weighted by molar-refractivity contribution is 7.89. The second-order valence-electron chi connectivity index (χ2n) is 6.95. The first-order chi connectivity index (χ1) is 12.7. The van der Waals surface area contributed by atoms with Crippen LogP contribution in [0.25, 0.3) is 0 Å². The highest BCUT2D eigenvalue weighted by Gasteiger charge is 2.26. The molecule has 0 spiro atoms. The largest absolute Gasteiger partial charge is 0.449 e. The second kappa shape index (κ2) is 9.32. The Morgan fingerprint density at radius 2 is 1.96 bits per heavy atom. The summed E-state index contributed by atoms with van der Waals surface area (Å²) in [6, 6.07) is 5.67. The molecule has 1 aliphatic carbocycles. The number of ether oxygens (including phenoxy) is 1. The highest BCUT2D eigenvalue weighted by Crippen LogP contribution is 2.23. The van der Waals surface area contributed by atoms with Crippen molar-refractivity contribution in [3.8, 4) is 0 Å². The Hall–Kier alpha value is -1.93. The van der Waals surface area contributed by atoms with Crippen molar-refractivity contribution in [2.24, 2.45) is 5.92 Å². The molecule has 1 aliphatic rings. The molecule has 1 saturated carbocycles. The summed E-state index contributed by atoms with van der Waals surface area (Å²) in [7, 11) is -3.67. The van der Waals surface area contributed by atoms with Gasteiger partial charge >= 0.3 is 5.97 Å². The first kappa shape index (κ1) is 21.4. The van der Waals surface area contributed by atoms with Gasteiger partial charge in [0, 0.05) is 12.6 Å². The summed E-state index contributed by atoms with van der Waals surface area (Å²) in [6.45, 7) is 5.54. The number of benzene rings is 1. The Labute approximate surface area is 160 Å². The number of esters is 1. The second-order valence-corrected chi connectivity index (χ2v) is 8.72. The van der Waals surface area contributed by atoms with Gasteiger partial charge in [-0.05, 0) is 43.9 Å². The van der Waals surface area contributed by atoms with Crippen LogP contribution in [0, 0.1) is 5.92 Å². The lowest BCUT2D eigenvalue weighted by molar-refractivity contribution is -0.130. The van der Waals surface area contributed by atoms with Crippen molar-refractivity contribution >= 4 is 21.9 Å². The zero-order valence-electron chi connectivity index (χ0n) is 16.0. The van der Waals surface area contributed by atoms with Gasteiger partial charge in [0.2, 0.25) is 10.0 Å². The summed E-state index contributed by atoms with van der Waals surface area (Å²) >= 11 is 0. The number of amides is 1. The Balaban J connectivity index is 2.00. The van der Waals surface area contributed by atoms with E-state index in [1.165, 1.54) is 37.6 Å². The fraction of sp³-hybridized carbons (Fsp3) is 0.579. The van der Waals surface area contributed by atoms with Crippen LogP contribution < -0.4 is 10.0 Å². The zero-order chi connectivity index (χ0) is 20.0. The van der Waals surface area contributed by atoms with Gasteiger partial charge in [-0.15, -0.1) is 0 Å². The van der Waals surface area contributed by atoms with E-state index in [0.717, 1.165) is 19.3 Å². The Morgan fingerprint density at radius 3 is 2.63 bits per heavy atom. The van der Waals surface area contributed by atoms with Gasteiger partial charge in [0.15, 0.2) is 6.10 Å². The lowest BCUT2D eigenvalue weighted by Crippen LogP contribution is -2.46. The van der Waals surface area contributed by atoms with Crippen molar-refractivity contribution < 1.29 is 22.7 Å². The van der Waals surface area contributed by atoms with E-state index >= 15 is 0 Å². The van der Waals surface area contributed by atoms with Gasteiger partial charge in [-0.2, -0.15) is 0 Å². The average molecular weight is 397 g/mol. The van der Waals surface area contributed by atoms with Crippen molar-refractivity contribution in [1.82, 2.24) is 10.0 Å². The summed E-state index contributed by atoms with van der Waals surface area (Å²) in [5.41, 5.74) is 0.0830. The highest BCUT2D eigenvalue weighted by atomic mass is 32.2. The molecule has 0 unspecified atom stereocenters. The van der Waals surface area contributed by atoms with Gasteiger partial charge in [0.05, 0.1) is 10.5 Å².